The number of likely N-dealkylation sites (N-methyl/N-ethyl adjacent to an activating group) is 1. The summed E-state index contributed by atoms with van der Waals surface area (Å²) >= 11 is 0. The largest absolute Gasteiger partial charge is 1.00 e. The minimum Gasteiger partial charge on any atom is -0.681 e. The number of ether oxygens (including phenoxy) is 1. The molecule has 2 rings (SSSR count). The van der Waals surface area contributed by atoms with E-state index in [2.05, 4.69) is 20.7 Å². The Labute approximate surface area is 177 Å². The second-order valence-electron chi connectivity index (χ2n) is 4.81. The molecule has 1 aromatic carbocycles. The van der Waals surface area contributed by atoms with Gasteiger partial charge in [-0.2, -0.15) is 0 Å². The van der Waals surface area contributed by atoms with Crippen LogP contribution in [0.1, 0.15) is 0 Å². The predicted molar refractivity (Wildman–Crippen MR) is 81.8 cm³/mol. The van der Waals surface area contributed by atoms with Gasteiger partial charge in [0, 0.05) is 26.0 Å². The fraction of sp³-hybridized carbons (Fsp3) is 0.333. The zero-order valence-corrected chi connectivity index (χ0v) is 16.9. The first kappa shape index (κ1) is 20.4. The predicted octanol–water partition coefficient (Wildman–Crippen LogP) is -0.580. The van der Waals surface area contributed by atoms with Gasteiger partial charge in [-0.25, -0.2) is 8.78 Å². The number of nitrogens with one attached hydrogen (secondary N) is 2. The molecule has 8 heteroatoms. The molecule has 0 saturated carbocycles. The van der Waals surface area contributed by atoms with E-state index in [9.17, 15) is 8.78 Å². The van der Waals surface area contributed by atoms with Crippen molar-refractivity contribution in [3.63, 3.8) is 0 Å². The summed E-state index contributed by atoms with van der Waals surface area (Å²) in [6.45, 7) is 0.930. The smallest absolute Gasteiger partial charge is 0.681 e. The summed E-state index contributed by atoms with van der Waals surface area (Å²) in [7, 11) is 4.96. The van der Waals surface area contributed by atoms with Crippen molar-refractivity contribution >= 4 is 5.69 Å². The van der Waals surface area contributed by atoms with Gasteiger partial charge in [0.1, 0.15) is 5.82 Å². The quantitative estimate of drug-likeness (QED) is 0.676. The minimum atomic E-state index is -0.762. The van der Waals surface area contributed by atoms with Gasteiger partial charge < -0.3 is 25.6 Å². The molecule has 0 aliphatic carbocycles. The van der Waals surface area contributed by atoms with Crippen LogP contribution in [0.3, 0.4) is 0 Å². The molecule has 0 bridgehead atoms. The molecule has 0 fully saturated rings. The van der Waals surface area contributed by atoms with Crippen molar-refractivity contribution in [1.29, 1.82) is 0 Å². The number of nitrogens with zero attached hydrogens (tertiary/aromatic N) is 2. The van der Waals surface area contributed by atoms with Gasteiger partial charge in [0.25, 0.3) is 0 Å². The van der Waals surface area contributed by atoms with E-state index < -0.39 is 17.4 Å². The van der Waals surface area contributed by atoms with Gasteiger partial charge in [-0.1, -0.05) is 0 Å². The SMILES string of the molecule is CNC/C(C[N-]c1cc(F)c(OC)c(F)c1)=C1\NC=CN1C.[K+]. The molecule has 1 aromatic rings. The Morgan fingerprint density at radius 2 is 2.00 bits per heavy atom. The minimum absolute atomic E-state index is 0. The maximum absolute atomic E-state index is 13.7. The first-order valence-electron chi connectivity index (χ1n) is 6.80. The van der Waals surface area contributed by atoms with E-state index >= 15 is 0 Å². The summed E-state index contributed by atoms with van der Waals surface area (Å²) in [5, 5.41) is 10.5. The maximum atomic E-state index is 13.7. The first-order valence-corrected chi connectivity index (χ1v) is 6.80. The molecule has 23 heavy (non-hydrogen) atoms. The summed E-state index contributed by atoms with van der Waals surface area (Å²) in [6.07, 6.45) is 3.70. The summed E-state index contributed by atoms with van der Waals surface area (Å²) in [4.78, 5) is 1.93. The average molecular weight is 348 g/mol. The van der Waals surface area contributed by atoms with Crippen LogP contribution in [0.4, 0.5) is 14.5 Å². The second kappa shape index (κ2) is 9.60. The Morgan fingerprint density at radius 1 is 1.35 bits per heavy atom. The third-order valence-electron chi connectivity index (χ3n) is 3.24. The van der Waals surface area contributed by atoms with Gasteiger partial charge in [0.15, 0.2) is 17.4 Å². The van der Waals surface area contributed by atoms with Crippen LogP contribution in [0.2, 0.25) is 0 Å². The molecule has 2 N–H and O–H groups in total. The standard InChI is InChI=1S/C15H19F2N4O.K/c1-18-8-10(15-19-4-5-21(15)2)9-20-11-6-12(16)14(22-3)13(17)7-11;/h4-7,18-19H,8-9H2,1-3H3;/q-1;+1/b15-10-;. The van der Waals surface area contributed by atoms with E-state index in [4.69, 9.17) is 0 Å². The van der Waals surface area contributed by atoms with Gasteiger partial charge in [0.2, 0.25) is 0 Å². The van der Waals surface area contributed by atoms with Crippen molar-refractivity contribution in [3.8, 4) is 5.75 Å². The van der Waals surface area contributed by atoms with E-state index in [-0.39, 0.29) is 57.1 Å². The molecule has 0 spiro atoms. The molecule has 0 atom stereocenters. The molecular weight excluding hydrogens is 329 g/mol. The number of methoxy groups -OCH3 is 1. The van der Waals surface area contributed by atoms with Crippen LogP contribution >= 0.6 is 0 Å². The molecule has 0 unspecified atom stereocenters. The van der Waals surface area contributed by atoms with E-state index in [1.165, 1.54) is 7.11 Å². The van der Waals surface area contributed by atoms with Crippen LogP contribution in [0.5, 0.6) is 5.75 Å². The zero-order chi connectivity index (χ0) is 16.1. The van der Waals surface area contributed by atoms with Crippen LogP contribution in [0.15, 0.2) is 35.9 Å². The van der Waals surface area contributed by atoms with Gasteiger partial charge in [-0.05, 0) is 24.8 Å². The fourth-order valence-corrected chi connectivity index (χ4v) is 2.20. The Balaban J connectivity index is 0.00000264. The van der Waals surface area contributed by atoms with E-state index in [1.807, 2.05) is 31.4 Å². The van der Waals surface area contributed by atoms with E-state index in [0.717, 1.165) is 23.5 Å². The molecule has 1 aliphatic heterocycles. The van der Waals surface area contributed by atoms with Gasteiger partial charge in [-0.15, -0.1) is 12.2 Å². The summed E-state index contributed by atoms with van der Waals surface area (Å²) in [5.74, 6) is -1.01. The fourth-order valence-electron chi connectivity index (χ4n) is 2.20. The molecular formula is C15H19F2KN4O. The van der Waals surface area contributed by atoms with Crippen LogP contribution in [0, 0.1) is 11.6 Å². The second-order valence-corrected chi connectivity index (χ2v) is 4.81. The van der Waals surface area contributed by atoms with Crippen molar-refractivity contribution in [2.75, 3.05) is 34.3 Å². The van der Waals surface area contributed by atoms with Crippen molar-refractivity contribution in [3.05, 3.63) is 52.9 Å². The van der Waals surface area contributed by atoms with Crippen molar-refractivity contribution < 1.29 is 64.9 Å². The zero-order valence-electron chi connectivity index (χ0n) is 13.8. The third-order valence-corrected chi connectivity index (χ3v) is 3.24. The first-order chi connectivity index (χ1) is 10.6. The topological polar surface area (TPSA) is 50.6 Å². The Hall–Kier alpha value is -0.644. The van der Waals surface area contributed by atoms with E-state index in [0.29, 0.717) is 13.1 Å². The van der Waals surface area contributed by atoms with Crippen LogP contribution < -0.4 is 66.8 Å². The van der Waals surface area contributed by atoms with Crippen LogP contribution in [0.25, 0.3) is 5.32 Å². The molecule has 1 heterocycles. The van der Waals surface area contributed by atoms with E-state index in [1.54, 1.807) is 0 Å². The number of halogens is 2. The Bertz CT molecular complexity index is 584. The summed E-state index contributed by atoms with van der Waals surface area (Å²) in [6, 6.07) is 2.32. The summed E-state index contributed by atoms with van der Waals surface area (Å²) < 4.78 is 32.0. The van der Waals surface area contributed by atoms with Gasteiger partial charge >= 0.3 is 51.4 Å². The van der Waals surface area contributed by atoms with Gasteiger partial charge in [0.05, 0.1) is 7.11 Å². The normalized spacial score (nSPS) is 15.1. The number of benzene rings is 1. The molecule has 0 radical (unpaired) electrons. The van der Waals surface area contributed by atoms with Crippen molar-refractivity contribution in [2.24, 2.45) is 0 Å². The molecule has 120 valence electrons. The number of hydrogen-bond donors (Lipinski definition) is 2. The summed E-state index contributed by atoms with van der Waals surface area (Å²) in [5.41, 5.74) is 1.21. The maximum Gasteiger partial charge on any atom is 1.00 e. The molecule has 5 nitrogen and oxygen atoms in total. The molecule has 1 aliphatic rings. The number of rotatable bonds is 6. The molecule has 0 amide bonds. The average Bonchev–Trinajstić information content (AvgIpc) is 2.89. The Kier molecular flexibility index (Phi) is 8.52. The van der Waals surface area contributed by atoms with Crippen LogP contribution in [-0.2, 0) is 0 Å². The number of hydrogen-bond acceptors (Lipinski definition) is 4. The van der Waals surface area contributed by atoms with Gasteiger partial charge in [-0.3, -0.25) is 0 Å². The Morgan fingerprint density at radius 3 is 2.48 bits per heavy atom. The van der Waals surface area contributed by atoms with Crippen molar-refractivity contribution in [1.82, 2.24) is 15.5 Å². The molecule has 0 saturated heterocycles. The monoisotopic (exact) mass is 348 g/mol. The van der Waals surface area contributed by atoms with Crippen LogP contribution in [-0.4, -0.2) is 39.2 Å². The third kappa shape index (κ3) is 5.17. The van der Waals surface area contributed by atoms with Crippen molar-refractivity contribution in [2.45, 2.75) is 0 Å². The molecule has 0 aromatic heterocycles.